The fourth-order valence-corrected chi connectivity index (χ4v) is 3.83. The van der Waals surface area contributed by atoms with Gasteiger partial charge in [0.2, 0.25) is 0 Å². The number of nitrogens with one attached hydrogen (secondary N) is 1. The molecule has 1 aliphatic heterocycles. The third-order valence-corrected chi connectivity index (χ3v) is 5.19. The van der Waals surface area contributed by atoms with E-state index in [0.29, 0.717) is 23.4 Å². The van der Waals surface area contributed by atoms with Gasteiger partial charge in [0.15, 0.2) is 0 Å². The van der Waals surface area contributed by atoms with Gasteiger partial charge in [0.25, 0.3) is 11.8 Å². The van der Waals surface area contributed by atoms with Gasteiger partial charge in [-0.15, -0.1) is 0 Å². The highest BCUT2D eigenvalue weighted by Crippen LogP contribution is 2.31. The molecule has 0 aliphatic carbocycles. The normalized spacial score (nSPS) is 13.2. The van der Waals surface area contributed by atoms with Gasteiger partial charge in [-0.1, -0.05) is 24.3 Å². The Morgan fingerprint density at radius 1 is 1.00 bits per heavy atom. The number of rotatable bonds is 3. The summed E-state index contributed by atoms with van der Waals surface area (Å²) in [6, 6.07) is 16.9. The molecule has 26 heavy (non-hydrogen) atoms. The minimum absolute atomic E-state index is 0.00661. The van der Waals surface area contributed by atoms with Crippen molar-refractivity contribution in [1.82, 2.24) is 0 Å². The summed E-state index contributed by atoms with van der Waals surface area (Å²) in [5.74, 6) is -0.143. The molecule has 0 saturated heterocycles. The third-order valence-electron chi connectivity index (χ3n) is 4.51. The molecular formula is C21H18N2O2S. The second-order valence-electron chi connectivity index (χ2n) is 6.24. The van der Waals surface area contributed by atoms with Gasteiger partial charge in [0.05, 0.1) is 5.56 Å². The summed E-state index contributed by atoms with van der Waals surface area (Å²) >= 11 is 1.49. The zero-order chi connectivity index (χ0) is 17.9. The van der Waals surface area contributed by atoms with Crippen molar-refractivity contribution in [2.75, 3.05) is 16.8 Å². The first-order valence-corrected chi connectivity index (χ1v) is 9.50. The number of hydrogen-bond acceptors (Lipinski definition) is 3. The summed E-state index contributed by atoms with van der Waals surface area (Å²) in [7, 11) is 0. The molecule has 130 valence electrons. The highest BCUT2D eigenvalue weighted by Gasteiger charge is 2.24. The lowest BCUT2D eigenvalue weighted by Gasteiger charge is -2.30. The van der Waals surface area contributed by atoms with E-state index in [4.69, 9.17) is 0 Å². The lowest BCUT2D eigenvalue weighted by Crippen LogP contribution is -2.35. The summed E-state index contributed by atoms with van der Waals surface area (Å²) in [6.45, 7) is 0.683. The van der Waals surface area contributed by atoms with E-state index in [-0.39, 0.29) is 11.8 Å². The molecule has 3 aromatic rings. The van der Waals surface area contributed by atoms with Gasteiger partial charge < -0.3 is 10.2 Å². The van der Waals surface area contributed by atoms with Crippen molar-refractivity contribution in [3.8, 4) is 0 Å². The van der Waals surface area contributed by atoms with Crippen molar-refractivity contribution in [3.63, 3.8) is 0 Å². The van der Waals surface area contributed by atoms with Crippen molar-refractivity contribution in [3.05, 3.63) is 82.0 Å². The quantitative estimate of drug-likeness (QED) is 0.741. The number of fused-ring (bicyclic) bond motifs is 1. The molecule has 0 radical (unpaired) electrons. The fraction of sp³-hybridized carbons (Fsp3) is 0.143. The largest absolute Gasteiger partial charge is 0.322 e. The van der Waals surface area contributed by atoms with E-state index in [9.17, 15) is 9.59 Å². The van der Waals surface area contributed by atoms with E-state index < -0.39 is 0 Å². The number of hydrogen-bond donors (Lipinski definition) is 1. The van der Waals surface area contributed by atoms with Crippen LogP contribution in [0.5, 0.6) is 0 Å². The first-order valence-electron chi connectivity index (χ1n) is 8.56. The lowest BCUT2D eigenvalue weighted by molar-refractivity contribution is 0.0984. The number of nitrogens with zero attached hydrogens (tertiary/aromatic N) is 1. The second-order valence-corrected chi connectivity index (χ2v) is 7.02. The highest BCUT2D eigenvalue weighted by atomic mass is 32.1. The van der Waals surface area contributed by atoms with E-state index in [1.165, 1.54) is 11.3 Å². The molecular weight excluding hydrogens is 344 g/mol. The zero-order valence-corrected chi connectivity index (χ0v) is 15.0. The van der Waals surface area contributed by atoms with Crippen molar-refractivity contribution in [2.45, 2.75) is 12.8 Å². The maximum Gasteiger partial charge on any atom is 0.258 e. The van der Waals surface area contributed by atoms with Crippen LogP contribution in [0, 0.1) is 0 Å². The van der Waals surface area contributed by atoms with Gasteiger partial charge >= 0.3 is 0 Å². The van der Waals surface area contributed by atoms with Gasteiger partial charge in [-0.05, 0) is 54.1 Å². The van der Waals surface area contributed by atoms with Gasteiger partial charge in [-0.3, -0.25) is 9.59 Å². The Labute approximate surface area is 156 Å². The summed E-state index contributed by atoms with van der Waals surface area (Å²) in [5, 5.41) is 6.62. The number of benzene rings is 2. The van der Waals surface area contributed by atoms with E-state index in [1.807, 2.05) is 64.2 Å². The van der Waals surface area contributed by atoms with Crippen LogP contribution in [0.15, 0.2) is 65.4 Å². The predicted molar refractivity (Wildman–Crippen MR) is 105 cm³/mol. The second kappa shape index (κ2) is 7.14. The van der Waals surface area contributed by atoms with Crippen LogP contribution in [0.1, 0.15) is 32.7 Å². The first kappa shape index (κ1) is 16.5. The van der Waals surface area contributed by atoms with Crippen LogP contribution in [0.4, 0.5) is 11.4 Å². The molecule has 1 aliphatic rings. The monoisotopic (exact) mass is 362 g/mol. The Morgan fingerprint density at radius 3 is 2.62 bits per heavy atom. The Kier molecular flexibility index (Phi) is 4.54. The predicted octanol–water partition coefficient (Wildman–Crippen LogP) is 4.59. The maximum absolute atomic E-state index is 12.9. The van der Waals surface area contributed by atoms with Crippen LogP contribution < -0.4 is 10.2 Å². The molecule has 0 bridgehead atoms. The number of carbonyl (C=O) groups is 2. The Morgan fingerprint density at radius 2 is 1.85 bits per heavy atom. The molecule has 4 nitrogen and oxygen atoms in total. The first-order chi connectivity index (χ1) is 12.7. The van der Waals surface area contributed by atoms with Crippen molar-refractivity contribution < 1.29 is 9.59 Å². The Hall–Kier alpha value is -2.92. The number of anilines is 2. The summed E-state index contributed by atoms with van der Waals surface area (Å²) in [6.07, 6.45) is 1.87. The molecule has 2 heterocycles. The Balaban J connectivity index is 1.62. The zero-order valence-electron chi connectivity index (χ0n) is 14.1. The van der Waals surface area contributed by atoms with Crippen LogP contribution in [0.2, 0.25) is 0 Å². The molecule has 0 spiro atoms. The molecule has 0 saturated carbocycles. The molecule has 5 heteroatoms. The highest BCUT2D eigenvalue weighted by molar-refractivity contribution is 7.08. The number of aryl methyl sites for hydroxylation is 1. The lowest BCUT2D eigenvalue weighted by atomic mass is 10.00. The molecule has 0 atom stereocenters. The average Bonchev–Trinajstić information content (AvgIpc) is 3.23. The van der Waals surface area contributed by atoms with Gasteiger partial charge in [-0.25, -0.2) is 0 Å². The van der Waals surface area contributed by atoms with E-state index in [0.717, 1.165) is 24.1 Å². The standard InChI is InChI=1S/C21H18N2O2S/c24-20(17-10-12-26-14-17)22-18-9-8-15-7-4-11-23(19(15)13-18)21(25)16-5-2-1-3-6-16/h1-3,5-6,8-10,12-14H,4,7,11H2,(H,22,24). The minimum Gasteiger partial charge on any atom is -0.322 e. The minimum atomic E-state index is -0.136. The third kappa shape index (κ3) is 3.26. The van der Waals surface area contributed by atoms with Gasteiger partial charge in [-0.2, -0.15) is 11.3 Å². The van der Waals surface area contributed by atoms with Crippen LogP contribution in [-0.2, 0) is 6.42 Å². The van der Waals surface area contributed by atoms with Crippen LogP contribution in [0.3, 0.4) is 0 Å². The van der Waals surface area contributed by atoms with Crippen molar-refractivity contribution in [2.24, 2.45) is 0 Å². The van der Waals surface area contributed by atoms with Gasteiger partial charge in [0.1, 0.15) is 0 Å². The average molecular weight is 362 g/mol. The number of amides is 2. The summed E-state index contributed by atoms with van der Waals surface area (Å²) < 4.78 is 0. The SMILES string of the molecule is O=C(Nc1ccc2c(c1)N(C(=O)c1ccccc1)CCC2)c1ccsc1. The smallest absolute Gasteiger partial charge is 0.258 e. The number of thiophene rings is 1. The van der Waals surface area contributed by atoms with Crippen LogP contribution >= 0.6 is 11.3 Å². The van der Waals surface area contributed by atoms with Crippen LogP contribution in [-0.4, -0.2) is 18.4 Å². The number of carbonyl (C=O) groups excluding carboxylic acids is 2. The van der Waals surface area contributed by atoms with Gasteiger partial charge in [0, 0.05) is 28.9 Å². The van der Waals surface area contributed by atoms with E-state index >= 15 is 0 Å². The fourth-order valence-electron chi connectivity index (χ4n) is 3.20. The molecule has 2 amide bonds. The van der Waals surface area contributed by atoms with Crippen LogP contribution in [0.25, 0.3) is 0 Å². The molecule has 4 rings (SSSR count). The molecule has 2 aromatic carbocycles. The van der Waals surface area contributed by atoms with Crippen molar-refractivity contribution in [1.29, 1.82) is 0 Å². The Bertz CT molecular complexity index is 936. The summed E-state index contributed by atoms with van der Waals surface area (Å²) in [5.41, 5.74) is 4.04. The van der Waals surface area contributed by atoms with E-state index in [2.05, 4.69) is 5.32 Å². The molecule has 0 fully saturated rings. The molecule has 1 N–H and O–H groups in total. The molecule has 1 aromatic heterocycles. The summed E-state index contributed by atoms with van der Waals surface area (Å²) in [4.78, 5) is 27.0. The maximum atomic E-state index is 12.9. The topological polar surface area (TPSA) is 49.4 Å². The molecule has 0 unspecified atom stereocenters. The van der Waals surface area contributed by atoms with E-state index in [1.54, 1.807) is 6.07 Å². The van der Waals surface area contributed by atoms with Crippen molar-refractivity contribution >= 4 is 34.5 Å².